The SMILES string of the molecule is CCOC(=O)C=C(c1ccc(Cl)cc1)c1ccc(OCC(C)C)cc1. The molecule has 0 bridgehead atoms. The van der Waals surface area contributed by atoms with Crippen molar-refractivity contribution in [2.45, 2.75) is 20.8 Å². The lowest BCUT2D eigenvalue weighted by atomic mass is 9.97. The summed E-state index contributed by atoms with van der Waals surface area (Å²) in [6.45, 7) is 7.01. The molecule has 0 N–H and O–H groups in total. The van der Waals surface area contributed by atoms with Gasteiger partial charge in [-0.3, -0.25) is 0 Å². The summed E-state index contributed by atoms with van der Waals surface area (Å²) >= 11 is 5.97. The van der Waals surface area contributed by atoms with E-state index < -0.39 is 0 Å². The molecular weight excluding hydrogens is 336 g/mol. The number of hydrogen-bond acceptors (Lipinski definition) is 3. The number of rotatable bonds is 7. The van der Waals surface area contributed by atoms with Gasteiger partial charge in [0.15, 0.2) is 0 Å². The second kappa shape index (κ2) is 9.28. The lowest BCUT2D eigenvalue weighted by molar-refractivity contribution is -0.137. The highest BCUT2D eigenvalue weighted by Gasteiger charge is 2.09. The molecule has 0 aromatic heterocycles. The van der Waals surface area contributed by atoms with Crippen LogP contribution in [-0.2, 0) is 9.53 Å². The van der Waals surface area contributed by atoms with Crippen LogP contribution in [0.1, 0.15) is 31.9 Å². The monoisotopic (exact) mass is 358 g/mol. The summed E-state index contributed by atoms with van der Waals surface area (Å²) in [4.78, 5) is 12.0. The van der Waals surface area contributed by atoms with Crippen LogP contribution in [0.15, 0.2) is 54.6 Å². The number of esters is 1. The summed E-state index contributed by atoms with van der Waals surface area (Å²) in [5.74, 6) is 0.907. The van der Waals surface area contributed by atoms with Gasteiger partial charge in [0.1, 0.15) is 5.75 Å². The van der Waals surface area contributed by atoms with Gasteiger partial charge in [0, 0.05) is 11.1 Å². The first-order chi connectivity index (χ1) is 12.0. The highest BCUT2D eigenvalue weighted by molar-refractivity contribution is 6.30. The van der Waals surface area contributed by atoms with E-state index in [1.165, 1.54) is 6.08 Å². The summed E-state index contributed by atoms with van der Waals surface area (Å²) in [5, 5.41) is 0.650. The highest BCUT2D eigenvalue weighted by atomic mass is 35.5. The fraction of sp³-hybridized carbons (Fsp3) is 0.286. The van der Waals surface area contributed by atoms with E-state index in [0.29, 0.717) is 24.2 Å². The van der Waals surface area contributed by atoms with Crippen LogP contribution in [0.25, 0.3) is 5.57 Å². The number of ether oxygens (including phenoxy) is 2. The van der Waals surface area contributed by atoms with Gasteiger partial charge in [0.05, 0.1) is 13.2 Å². The summed E-state index contributed by atoms with van der Waals surface area (Å²) in [7, 11) is 0. The number of carbonyl (C=O) groups excluding carboxylic acids is 1. The molecule has 132 valence electrons. The van der Waals surface area contributed by atoms with Gasteiger partial charge in [-0.2, -0.15) is 0 Å². The minimum absolute atomic E-state index is 0.339. The zero-order valence-electron chi connectivity index (χ0n) is 14.8. The van der Waals surface area contributed by atoms with Crippen molar-refractivity contribution in [3.05, 3.63) is 70.8 Å². The maximum atomic E-state index is 12.0. The van der Waals surface area contributed by atoms with Gasteiger partial charge >= 0.3 is 5.97 Å². The van der Waals surface area contributed by atoms with Crippen LogP contribution in [0.3, 0.4) is 0 Å². The fourth-order valence-electron chi connectivity index (χ4n) is 2.26. The minimum Gasteiger partial charge on any atom is -0.493 e. The molecule has 0 spiro atoms. The van der Waals surface area contributed by atoms with Crippen LogP contribution < -0.4 is 4.74 Å². The lowest BCUT2D eigenvalue weighted by Crippen LogP contribution is -2.04. The van der Waals surface area contributed by atoms with Crippen LogP contribution in [0.5, 0.6) is 5.75 Å². The van der Waals surface area contributed by atoms with E-state index in [0.717, 1.165) is 22.4 Å². The zero-order chi connectivity index (χ0) is 18.2. The van der Waals surface area contributed by atoms with Crippen molar-refractivity contribution in [2.75, 3.05) is 13.2 Å². The third kappa shape index (κ3) is 5.95. The predicted octanol–water partition coefficient (Wildman–Crippen LogP) is 5.37. The molecule has 0 saturated carbocycles. The molecule has 0 aliphatic rings. The van der Waals surface area contributed by atoms with Crippen molar-refractivity contribution in [3.8, 4) is 5.75 Å². The van der Waals surface area contributed by atoms with Gasteiger partial charge < -0.3 is 9.47 Å². The van der Waals surface area contributed by atoms with E-state index in [9.17, 15) is 4.79 Å². The van der Waals surface area contributed by atoms with E-state index in [-0.39, 0.29) is 5.97 Å². The smallest absolute Gasteiger partial charge is 0.331 e. The maximum absolute atomic E-state index is 12.0. The first-order valence-electron chi connectivity index (χ1n) is 8.37. The van der Waals surface area contributed by atoms with Crippen LogP contribution >= 0.6 is 11.6 Å². The number of carbonyl (C=O) groups is 1. The van der Waals surface area contributed by atoms with E-state index in [2.05, 4.69) is 13.8 Å². The highest BCUT2D eigenvalue weighted by Crippen LogP contribution is 2.26. The molecule has 0 heterocycles. The van der Waals surface area contributed by atoms with Crippen LogP contribution in [0.2, 0.25) is 5.02 Å². The second-order valence-corrected chi connectivity index (χ2v) is 6.48. The molecule has 3 nitrogen and oxygen atoms in total. The number of halogens is 1. The first kappa shape index (κ1) is 19.1. The Morgan fingerprint density at radius 3 is 2.12 bits per heavy atom. The second-order valence-electron chi connectivity index (χ2n) is 6.05. The largest absolute Gasteiger partial charge is 0.493 e. The molecule has 0 radical (unpaired) electrons. The van der Waals surface area contributed by atoms with Crippen molar-refractivity contribution < 1.29 is 14.3 Å². The Morgan fingerprint density at radius 2 is 1.60 bits per heavy atom. The molecule has 0 aliphatic heterocycles. The Hall–Kier alpha value is -2.26. The topological polar surface area (TPSA) is 35.5 Å². The minimum atomic E-state index is -0.368. The molecule has 0 unspecified atom stereocenters. The van der Waals surface area contributed by atoms with Gasteiger partial charge in [-0.1, -0.05) is 49.7 Å². The van der Waals surface area contributed by atoms with Crippen LogP contribution in [0.4, 0.5) is 0 Å². The first-order valence-corrected chi connectivity index (χ1v) is 8.75. The molecule has 2 rings (SSSR count). The van der Waals surface area contributed by atoms with Crippen molar-refractivity contribution in [3.63, 3.8) is 0 Å². The maximum Gasteiger partial charge on any atom is 0.331 e. The van der Waals surface area contributed by atoms with Gasteiger partial charge in [0.2, 0.25) is 0 Å². The number of hydrogen-bond donors (Lipinski definition) is 0. The molecule has 0 atom stereocenters. The van der Waals surface area contributed by atoms with E-state index in [1.54, 1.807) is 19.1 Å². The zero-order valence-corrected chi connectivity index (χ0v) is 15.5. The Bertz CT molecular complexity index is 716. The molecule has 2 aromatic carbocycles. The lowest BCUT2D eigenvalue weighted by Gasteiger charge is -2.12. The van der Waals surface area contributed by atoms with Gasteiger partial charge in [-0.05, 0) is 53.8 Å². The third-order valence-corrected chi connectivity index (χ3v) is 3.70. The summed E-state index contributed by atoms with van der Waals surface area (Å²) in [6.07, 6.45) is 1.51. The molecule has 25 heavy (non-hydrogen) atoms. The van der Waals surface area contributed by atoms with Crippen molar-refractivity contribution in [1.29, 1.82) is 0 Å². The molecular formula is C21H23ClO3. The van der Waals surface area contributed by atoms with Gasteiger partial charge in [-0.15, -0.1) is 0 Å². The molecule has 2 aromatic rings. The molecule has 4 heteroatoms. The van der Waals surface area contributed by atoms with E-state index in [1.807, 2.05) is 36.4 Å². The molecule has 0 saturated heterocycles. The van der Waals surface area contributed by atoms with Gasteiger partial charge in [-0.25, -0.2) is 4.79 Å². The Labute approximate surface area is 154 Å². The Kier molecular flexibility index (Phi) is 7.08. The van der Waals surface area contributed by atoms with Crippen molar-refractivity contribution in [1.82, 2.24) is 0 Å². The summed E-state index contributed by atoms with van der Waals surface area (Å²) < 4.78 is 10.8. The fourth-order valence-corrected chi connectivity index (χ4v) is 2.38. The summed E-state index contributed by atoms with van der Waals surface area (Å²) in [5.41, 5.74) is 2.59. The predicted molar refractivity (Wildman–Crippen MR) is 102 cm³/mol. The normalized spacial score (nSPS) is 11.5. The molecule has 0 aliphatic carbocycles. The molecule has 0 fully saturated rings. The van der Waals surface area contributed by atoms with Gasteiger partial charge in [0.25, 0.3) is 0 Å². The van der Waals surface area contributed by atoms with E-state index in [4.69, 9.17) is 21.1 Å². The van der Waals surface area contributed by atoms with E-state index >= 15 is 0 Å². The molecule has 0 amide bonds. The average Bonchev–Trinajstić information content (AvgIpc) is 2.59. The quantitative estimate of drug-likeness (QED) is 0.493. The standard InChI is InChI=1S/C21H23ClO3/c1-4-24-21(23)13-20(16-5-9-18(22)10-6-16)17-7-11-19(12-8-17)25-14-15(2)3/h5-13,15H,4,14H2,1-3H3. The Morgan fingerprint density at radius 1 is 1.04 bits per heavy atom. The average molecular weight is 359 g/mol. The third-order valence-electron chi connectivity index (χ3n) is 3.45. The van der Waals surface area contributed by atoms with Crippen molar-refractivity contribution >= 4 is 23.1 Å². The Balaban J connectivity index is 2.31. The number of benzene rings is 2. The summed E-state index contributed by atoms with van der Waals surface area (Å²) in [6, 6.07) is 15.1. The van der Waals surface area contributed by atoms with Crippen LogP contribution in [-0.4, -0.2) is 19.2 Å². The van der Waals surface area contributed by atoms with Crippen LogP contribution in [0, 0.1) is 5.92 Å². The van der Waals surface area contributed by atoms with Crippen molar-refractivity contribution in [2.24, 2.45) is 5.92 Å².